The molecule has 0 spiro atoms. The molecule has 0 aromatic heterocycles. The van der Waals surface area contributed by atoms with Crippen molar-refractivity contribution in [3.63, 3.8) is 0 Å². The molecule has 0 atom stereocenters. The van der Waals surface area contributed by atoms with Crippen LogP contribution in [0.1, 0.15) is 13.8 Å². The Hall–Kier alpha value is -0.890. The number of hydrogen-bond donors (Lipinski definition) is 2. The monoisotopic (exact) mass is 196 g/mol. The van der Waals surface area contributed by atoms with Crippen molar-refractivity contribution in [1.82, 2.24) is 0 Å². The van der Waals surface area contributed by atoms with Crippen molar-refractivity contribution in [1.29, 1.82) is 0 Å². The number of nitrogens with one attached hydrogen (secondary N) is 2. The molecule has 0 fully saturated rings. The van der Waals surface area contributed by atoms with Crippen LogP contribution >= 0.6 is 11.6 Å². The lowest BCUT2D eigenvalue weighted by molar-refractivity contribution is 0.589. The van der Waals surface area contributed by atoms with Crippen LogP contribution in [-0.4, -0.2) is 12.1 Å². The Labute approximate surface area is 83.3 Å². The smallest absolute Gasteiger partial charge is 0.0769 e. The third kappa shape index (κ3) is 1.59. The Morgan fingerprint density at radius 1 is 1.38 bits per heavy atom. The van der Waals surface area contributed by atoms with Crippen LogP contribution in [0.3, 0.4) is 0 Å². The summed E-state index contributed by atoms with van der Waals surface area (Å²) in [7, 11) is 0. The normalized spacial score (nSPS) is 18.4. The van der Waals surface area contributed by atoms with Crippen LogP contribution in [0, 0.1) is 0 Å². The second-order valence-corrected chi connectivity index (χ2v) is 4.43. The fourth-order valence-corrected chi connectivity index (χ4v) is 1.72. The molecular formula is C10H13ClN2. The van der Waals surface area contributed by atoms with Gasteiger partial charge in [0.1, 0.15) is 0 Å². The molecule has 3 heteroatoms. The van der Waals surface area contributed by atoms with Gasteiger partial charge in [0.25, 0.3) is 0 Å². The molecule has 1 aliphatic heterocycles. The van der Waals surface area contributed by atoms with Gasteiger partial charge in [0.2, 0.25) is 0 Å². The minimum absolute atomic E-state index is 0.0675. The van der Waals surface area contributed by atoms with Gasteiger partial charge in [-0.3, -0.25) is 0 Å². The third-order valence-electron chi connectivity index (χ3n) is 2.20. The summed E-state index contributed by atoms with van der Waals surface area (Å²) in [6, 6.07) is 5.88. The van der Waals surface area contributed by atoms with Crippen molar-refractivity contribution >= 4 is 23.0 Å². The zero-order valence-electron chi connectivity index (χ0n) is 7.82. The van der Waals surface area contributed by atoms with Gasteiger partial charge in [-0.15, -0.1) is 0 Å². The summed E-state index contributed by atoms with van der Waals surface area (Å²) in [6.45, 7) is 5.21. The molecule has 2 N–H and O–H groups in total. The van der Waals surface area contributed by atoms with Crippen molar-refractivity contribution in [3.8, 4) is 0 Å². The summed E-state index contributed by atoms with van der Waals surface area (Å²) in [5.74, 6) is 0. The van der Waals surface area contributed by atoms with Gasteiger partial charge in [-0.2, -0.15) is 0 Å². The molecule has 1 aromatic rings. The second kappa shape index (κ2) is 2.81. The molecule has 0 amide bonds. The first-order chi connectivity index (χ1) is 6.08. The maximum Gasteiger partial charge on any atom is 0.0769 e. The minimum atomic E-state index is 0.0675. The van der Waals surface area contributed by atoms with E-state index in [0.717, 1.165) is 22.9 Å². The molecule has 1 aromatic carbocycles. The van der Waals surface area contributed by atoms with Gasteiger partial charge >= 0.3 is 0 Å². The summed E-state index contributed by atoms with van der Waals surface area (Å²) >= 11 is 6.07. The van der Waals surface area contributed by atoms with Gasteiger partial charge in [0.05, 0.1) is 16.4 Å². The Morgan fingerprint density at radius 2 is 2.15 bits per heavy atom. The predicted molar refractivity (Wildman–Crippen MR) is 57.6 cm³/mol. The van der Waals surface area contributed by atoms with Gasteiger partial charge in [0, 0.05) is 12.1 Å². The van der Waals surface area contributed by atoms with Gasteiger partial charge < -0.3 is 10.6 Å². The van der Waals surface area contributed by atoms with Crippen molar-refractivity contribution < 1.29 is 0 Å². The standard InChI is InChI=1S/C10H13ClN2/c1-10(2)6-12-8-5-3-4-7(11)9(8)13-10/h3-5,12-13H,6H2,1-2H3. The maximum absolute atomic E-state index is 6.07. The van der Waals surface area contributed by atoms with Gasteiger partial charge in [-0.05, 0) is 26.0 Å². The van der Waals surface area contributed by atoms with Gasteiger partial charge in [0.15, 0.2) is 0 Å². The van der Waals surface area contributed by atoms with E-state index >= 15 is 0 Å². The SMILES string of the molecule is CC1(C)CNc2cccc(Cl)c2N1. The molecule has 13 heavy (non-hydrogen) atoms. The number of hydrogen-bond acceptors (Lipinski definition) is 2. The van der Waals surface area contributed by atoms with Crippen LogP contribution in [0.2, 0.25) is 5.02 Å². The number of benzene rings is 1. The van der Waals surface area contributed by atoms with E-state index in [2.05, 4.69) is 24.5 Å². The number of halogens is 1. The van der Waals surface area contributed by atoms with E-state index < -0.39 is 0 Å². The highest BCUT2D eigenvalue weighted by Crippen LogP contribution is 2.35. The first kappa shape index (κ1) is 8.70. The maximum atomic E-state index is 6.07. The molecular weight excluding hydrogens is 184 g/mol. The van der Waals surface area contributed by atoms with Gasteiger partial charge in [-0.1, -0.05) is 17.7 Å². The summed E-state index contributed by atoms with van der Waals surface area (Å²) < 4.78 is 0. The van der Waals surface area contributed by atoms with E-state index in [0.29, 0.717) is 0 Å². The van der Waals surface area contributed by atoms with Gasteiger partial charge in [-0.25, -0.2) is 0 Å². The number of rotatable bonds is 0. The first-order valence-electron chi connectivity index (χ1n) is 4.39. The minimum Gasteiger partial charge on any atom is -0.381 e. The van der Waals surface area contributed by atoms with Crippen LogP contribution in [0.25, 0.3) is 0 Å². The van der Waals surface area contributed by atoms with Crippen LogP contribution in [-0.2, 0) is 0 Å². The van der Waals surface area contributed by atoms with Crippen molar-refractivity contribution in [3.05, 3.63) is 23.2 Å². The average molecular weight is 197 g/mol. The largest absolute Gasteiger partial charge is 0.381 e. The fourth-order valence-electron chi connectivity index (χ4n) is 1.50. The highest BCUT2D eigenvalue weighted by Gasteiger charge is 2.24. The van der Waals surface area contributed by atoms with Crippen molar-refractivity contribution in [2.24, 2.45) is 0 Å². The molecule has 0 aliphatic carbocycles. The fraction of sp³-hybridized carbons (Fsp3) is 0.400. The Balaban J connectivity index is 2.44. The molecule has 0 radical (unpaired) electrons. The highest BCUT2D eigenvalue weighted by molar-refractivity contribution is 6.34. The lowest BCUT2D eigenvalue weighted by atomic mass is 10.0. The highest BCUT2D eigenvalue weighted by atomic mass is 35.5. The third-order valence-corrected chi connectivity index (χ3v) is 2.51. The predicted octanol–water partition coefficient (Wildman–Crippen LogP) is 2.96. The Kier molecular flexibility index (Phi) is 1.88. The molecule has 2 rings (SSSR count). The van der Waals surface area contributed by atoms with Crippen LogP contribution in [0.4, 0.5) is 11.4 Å². The van der Waals surface area contributed by atoms with Crippen molar-refractivity contribution in [2.45, 2.75) is 19.4 Å². The van der Waals surface area contributed by atoms with Crippen LogP contribution in [0.15, 0.2) is 18.2 Å². The summed E-state index contributed by atoms with van der Waals surface area (Å²) in [5, 5.41) is 7.53. The average Bonchev–Trinajstić information content (AvgIpc) is 2.06. The summed E-state index contributed by atoms with van der Waals surface area (Å²) in [5.41, 5.74) is 2.17. The quantitative estimate of drug-likeness (QED) is 0.667. The molecule has 1 heterocycles. The molecule has 0 saturated heterocycles. The van der Waals surface area contributed by atoms with E-state index in [-0.39, 0.29) is 5.54 Å². The molecule has 0 unspecified atom stereocenters. The summed E-state index contributed by atoms with van der Waals surface area (Å²) in [4.78, 5) is 0. The van der Waals surface area contributed by atoms with Crippen LogP contribution < -0.4 is 10.6 Å². The zero-order chi connectivity index (χ0) is 9.47. The molecule has 1 aliphatic rings. The molecule has 2 nitrogen and oxygen atoms in total. The van der Waals surface area contributed by atoms with E-state index in [1.54, 1.807) is 0 Å². The molecule has 0 bridgehead atoms. The van der Waals surface area contributed by atoms with E-state index in [9.17, 15) is 0 Å². The lowest BCUT2D eigenvalue weighted by Crippen LogP contribution is -2.42. The number of fused-ring (bicyclic) bond motifs is 1. The van der Waals surface area contributed by atoms with E-state index in [4.69, 9.17) is 11.6 Å². The lowest BCUT2D eigenvalue weighted by Gasteiger charge is -2.35. The van der Waals surface area contributed by atoms with E-state index in [1.807, 2.05) is 18.2 Å². The Morgan fingerprint density at radius 3 is 2.92 bits per heavy atom. The molecule has 0 saturated carbocycles. The van der Waals surface area contributed by atoms with Crippen molar-refractivity contribution in [2.75, 3.05) is 17.2 Å². The topological polar surface area (TPSA) is 24.1 Å². The second-order valence-electron chi connectivity index (χ2n) is 4.02. The molecule has 70 valence electrons. The first-order valence-corrected chi connectivity index (χ1v) is 4.77. The van der Waals surface area contributed by atoms with Crippen LogP contribution in [0.5, 0.6) is 0 Å². The number of anilines is 2. The zero-order valence-corrected chi connectivity index (χ0v) is 8.57. The van der Waals surface area contributed by atoms with E-state index in [1.165, 1.54) is 0 Å². The number of para-hydroxylation sites is 1. The Bertz CT molecular complexity index is 334. The summed E-state index contributed by atoms with van der Waals surface area (Å²) in [6.07, 6.45) is 0.